The first kappa shape index (κ1) is 22.9. The molecule has 2 aromatic rings. The molecule has 10 heteroatoms. The molecule has 0 radical (unpaired) electrons. The van der Waals surface area contributed by atoms with Gasteiger partial charge in [-0.05, 0) is 36.2 Å². The predicted molar refractivity (Wildman–Crippen MR) is 113 cm³/mol. The zero-order chi connectivity index (χ0) is 19.9. The van der Waals surface area contributed by atoms with Crippen molar-refractivity contribution in [1.29, 1.82) is 0 Å². The van der Waals surface area contributed by atoms with Crippen LogP contribution in [0.25, 0.3) is 0 Å². The van der Waals surface area contributed by atoms with Gasteiger partial charge in [-0.1, -0.05) is 12.1 Å². The van der Waals surface area contributed by atoms with Crippen LogP contribution in [0, 0.1) is 5.82 Å². The van der Waals surface area contributed by atoms with E-state index >= 15 is 0 Å². The SMILES string of the molecule is CN=C(NCCc1ccc2c(c1)OCO2)NCc1c(F)cccc1OC(F)F.I. The van der Waals surface area contributed by atoms with E-state index in [-0.39, 0.29) is 48.6 Å². The average molecular weight is 523 g/mol. The summed E-state index contributed by atoms with van der Waals surface area (Å²) in [6.07, 6.45) is 0.691. The molecule has 0 aromatic heterocycles. The van der Waals surface area contributed by atoms with Crippen molar-refractivity contribution in [3.8, 4) is 17.2 Å². The Morgan fingerprint density at radius 3 is 2.72 bits per heavy atom. The van der Waals surface area contributed by atoms with Crippen molar-refractivity contribution in [2.75, 3.05) is 20.4 Å². The molecule has 1 aliphatic rings. The number of hydrogen-bond acceptors (Lipinski definition) is 4. The first-order valence-electron chi connectivity index (χ1n) is 8.62. The van der Waals surface area contributed by atoms with E-state index in [2.05, 4.69) is 20.4 Å². The Balaban J connectivity index is 0.00000300. The molecular weight excluding hydrogens is 502 g/mol. The van der Waals surface area contributed by atoms with Crippen LogP contribution in [0.5, 0.6) is 17.2 Å². The Morgan fingerprint density at radius 2 is 1.97 bits per heavy atom. The van der Waals surface area contributed by atoms with Crippen LogP contribution in [0.15, 0.2) is 41.4 Å². The third-order valence-electron chi connectivity index (χ3n) is 4.09. The number of halogens is 4. The number of rotatable bonds is 7. The summed E-state index contributed by atoms with van der Waals surface area (Å²) in [5.74, 6) is 0.999. The number of hydrogen-bond donors (Lipinski definition) is 2. The smallest absolute Gasteiger partial charge is 0.387 e. The fraction of sp³-hybridized carbons (Fsp3) is 0.316. The minimum Gasteiger partial charge on any atom is -0.454 e. The van der Waals surface area contributed by atoms with Crippen molar-refractivity contribution in [2.45, 2.75) is 19.6 Å². The van der Waals surface area contributed by atoms with Crippen LogP contribution >= 0.6 is 24.0 Å². The van der Waals surface area contributed by atoms with Gasteiger partial charge >= 0.3 is 6.61 Å². The van der Waals surface area contributed by atoms with E-state index < -0.39 is 12.4 Å². The zero-order valence-corrected chi connectivity index (χ0v) is 17.9. The van der Waals surface area contributed by atoms with Crippen LogP contribution in [0.3, 0.4) is 0 Å². The topological polar surface area (TPSA) is 64.1 Å². The van der Waals surface area contributed by atoms with Crippen LogP contribution in [0.1, 0.15) is 11.1 Å². The summed E-state index contributed by atoms with van der Waals surface area (Å²) < 4.78 is 54.0. The van der Waals surface area contributed by atoms with Crippen LogP contribution in [-0.4, -0.2) is 33.0 Å². The molecule has 158 valence electrons. The number of aliphatic imine (C=N–C) groups is 1. The van der Waals surface area contributed by atoms with E-state index in [0.717, 1.165) is 11.3 Å². The lowest BCUT2D eigenvalue weighted by Gasteiger charge is -2.15. The highest BCUT2D eigenvalue weighted by atomic mass is 127. The van der Waals surface area contributed by atoms with Gasteiger partial charge in [0.15, 0.2) is 17.5 Å². The second-order valence-corrected chi connectivity index (χ2v) is 5.89. The fourth-order valence-corrected chi connectivity index (χ4v) is 2.73. The van der Waals surface area contributed by atoms with Crippen LogP contribution in [0.2, 0.25) is 0 Å². The first-order valence-corrected chi connectivity index (χ1v) is 8.62. The maximum Gasteiger partial charge on any atom is 0.387 e. The van der Waals surface area contributed by atoms with E-state index in [4.69, 9.17) is 9.47 Å². The molecule has 0 unspecified atom stereocenters. The molecule has 0 bridgehead atoms. The van der Waals surface area contributed by atoms with E-state index in [1.54, 1.807) is 7.05 Å². The molecule has 0 aliphatic carbocycles. The third-order valence-corrected chi connectivity index (χ3v) is 4.09. The summed E-state index contributed by atoms with van der Waals surface area (Å²) in [5, 5.41) is 5.99. The van der Waals surface area contributed by atoms with Crippen molar-refractivity contribution in [1.82, 2.24) is 10.6 Å². The van der Waals surface area contributed by atoms with Crippen LogP contribution in [0.4, 0.5) is 13.2 Å². The highest BCUT2D eigenvalue weighted by Gasteiger charge is 2.15. The normalized spacial score (nSPS) is 12.5. The van der Waals surface area contributed by atoms with Crippen molar-refractivity contribution >= 4 is 29.9 Å². The van der Waals surface area contributed by atoms with Gasteiger partial charge in [0.2, 0.25) is 6.79 Å². The fourth-order valence-electron chi connectivity index (χ4n) is 2.73. The number of nitrogens with one attached hydrogen (secondary N) is 2. The molecule has 0 saturated heterocycles. The second-order valence-electron chi connectivity index (χ2n) is 5.89. The summed E-state index contributed by atoms with van der Waals surface area (Å²) in [5.41, 5.74) is 1.05. The second kappa shape index (κ2) is 11.0. The lowest BCUT2D eigenvalue weighted by Crippen LogP contribution is -2.38. The van der Waals surface area contributed by atoms with Crippen LogP contribution in [-0.2, 0) is 13.0 Å². The quantitative estimate of drug-likeness (QED) is 0.330. The van der Waals surface area contributed by atoms with E-state index in [9.17, 15) is 13.2 Å². The van der Waals surface area contributed by atoms with E-state index in [1.165, 1.54) is 18.2 Å². The van der Waals surface area contributed by atoms with Gasteiger partial charge in [0.05, 0.1) is 0 Å². The van der Waals surface area contributed by atoms with E-state index in [1.807, 2.05) is 18.2 Å². The standard InChI is InChI=1S/C19H20F3N3O3.HI/c1-23-19(24-8-7-12-5-6-16-17(9-12)27-11-26-16)25-10-13-14(20)3-2-4-15(13)28-18(21)22;/h2-6,9,18H,7-8,10-11H2,1H3,(H2,23,24,25);1H. The summed E-state index contributed by atoms with van der Waals surface area (Å²) in [4.78, 5) is 4.05. The van der Waals surface area contributed by atoms with Gasteiger partial charge in [-0.2, -0.15) is 8.78 Å². The highest BCUT2D eigenvalue weighted by Crippen LogP contribution is 2.32. The molecule has 29 heavy (non-hydrogen) atoms. The molecule has 1 aliphatic heterocycles. The van der Waals surface area contributed by atoms with Gasteiger partial charge in [0, 0.05) is 25.7 Å². The summed E-state index contributed by atoms with van der Waals surface area (Å²) >= 11 is 0. The Kier molecular flexibility index (Phi) is 8.68. The van der Waals surface area contributed by atoms with E-state index in [0.29, 0.717) is 24.7 Å². The largest absolute Gasteiger partial charge is 0.454 e. The lowest BCUT2D eigenvalue weighted by atomic mass is 10.1. The Morgan fingerprint density at radius 1 is 1.17 bits per heavy atom. The minimum atomic E-state index is -3.03. The predicted octanol–water partition coefficient (Wildman–Crippen LogP) is 3.68. The van der Waals surface area contributed by atoms with Crippen molar-refractivity contribution in [3.05, 3.63) is 53.3 Å². The third kappa shape index (κ3) is 6.31. The number of fused-ring (bicyclic) bond motifs is 1. The number of ether oxygens (including phenoxy) is 3. The Hall–Kier alpha value is -2.37. The number of guanidine groups is 1. The molecule has 0 spiro atoms. The Bertz CT molecular complexity index is 853. The summed E-state index contributed by atoms with van der Waals surface area (Å²) in [7, 11) is 1.56. The number of alkyl halides is 2. The molecule has 0 saturated carbocycles. The molecule has 0 atom stereocenters. The number of benzene rings is 2. The van der Waals surface area contributed by atoms with Gasteiger partial charge in [-0.25, -0.2) is 4.39 Å². The lowest BCUT2D eigenvalue weighted by molar-refractivity contribution is -0.0506. The Labute approximate surface area is 183 Å². The van der Waals surface area contributed by atoms with Gasteiger partial charge < -0.3 is 24.8 Å². The minimum absolute atomic E-state index is 0. The summed E-state index contributed by atoms with van der Waals surface area (Å²) in [6.45, 7) is -2.31. The van der Waals surface area contributed by atoms with Crippen molar-refractivity contribution < 1.29 is 27.4 Å². The molecule has 2 aromatic carbocycles. The average Bonchev–Trinajstić information content (AvgIpc) is 3.13. The van der Waals surface area contributed by atoms with Crippen molar-refractivity contribution in [2.24, 2.45) is 4.99 Å². The molecular formula is C19H21F3IN3O3. The van der Waals surface area contributed by atoms with Gasteiger partial charge in [0.25, 0.3) is 0 Å². The molecule has 2 N–H and O–H groups in total. The molecule has 6 nitrogen and oxygen atoms in total. The highest BCUT2D eigenvalue weighted by molar-refractivity contribution is 14.0. The van der Waals surface area contributed by atoms with Crippen molar-refractivity contribution in [3.63, 3.8) is 0 Å². The maximum absolute atomic E-state index is 14.0. The van der Waals surface area contributed by atoms with Crippen LogP contribution < -0.4 is 24.8 Å². The molecule has 0 amide bonds. The van der Waals surface area contributed by atoms with Gasteiger partial charge in [0.1, 0.15) is 11.6 Å². The molecule has 3 rings (SSSR count). The van der Waals surface area contributed by atoms with Gasteiger partial charge in [-0.15, -0.1) is 24.0 Å². The first-order chi connectivity index (χ1) is 13.6. The zero-order valence-electron chi connectivity index (χ0n) is 15.6. The molecule has 1 heterocycles. The molecule has 0 fully saturated rings. The number of nitrogens with zero attached hydrogens (tertiary/aromatic N) is 1. The van der Waals surface area contributed by atoms with Gasteiger partial charge in [-0.3, -0.25) is 4.99 Å². The summed E-state index contributed by atoms with van der Waals surface area (Å²) in [6, 6.07) is 9.50. The maximum atomic E-state index is 14.0. The monoisotopic (exact) mass is 523 g/mol.